The molecule has 7 heteroatoms. The van der Waals surface area contributed by atoms with E-state index in [1.165, 1.54) is 5.57 Å². The minimum absolute atomic E-state index is 0.176. The second kappa shape index (κ2) is 8.04. The van der Waals surface area contributed by atoms with Crippen molar-refractivity contribution in [3.8, 4) is 11.6 Å². The molecule has 0 aromatic carbocycles. The van der Waals surface area contributed by atoms with Crippen molar-refractivity contribution < 1.29 is 9.47 Å². The van der Waals surface area contributed by atoms with Gasteiger partial charge in [-0.1, -0.05) is 0 Å². The van der Waals surface area contributed by atoms with E-state index in [1.54, 1.807) is 0 Å². The molecule has 2 aromatic rings. The van der Waals surface area contributed by atoms with Crippen molar-refractivity contribution in [2.24, 2.45) is 0 Å². The van der Waals surface area contributed by atoms with E-state index in [0.717, 1.165) is 54.7 Å². The topological polar surface area (TPSA) is 72.4 Å². The molecule has 0 spiro atoms. The van der Waals surface area contributed by atoms with E-state index in [9.17, 15) is 0 Å². The maximum atomic E-state index is 5.64. The molecule has 0 saturated carbocycles. The Morgan fingerprint density at radius 2 is 2.00 bits per heavy atom. The molecule has 148 valence electrons. The van der Waals surface area contributed by atoms with Crippen LogP contribution in [0.2, 0.25) is 0 Å². The third-order valence-corrected chi connectivity index (χ3v) is 5.08. The predicted octanol–water partition coefficient (Wildman–Crippen LogP) is 3.41. The van der Waals surface area contributed by atoms with Gasteiger partial charge in [-0.3, -0.25) is 0 Å². The molecule has 2 aromatic heterocycles. The minimum Gasteiger partial charge on any atom is -0.484 e. The number of fused-ring (bicyclic) bond motifs is 1. The van der Waals surface area contributed by atoms with E-state index in [0.29, 0.717) is 19.1 Å². The first kappa shape index (κ1) is 18.5. The van der Waals surface area contributed by atoms with Crippen LogP contribution < -0.4 is 14.8 Å². The van der Waals surface area contributed by atoms with Crippen LogP contribution in [0.5, 0.6) is 11.6 Å². The number of nitrogens with one attached hydrogen (secondary N) is 1. The van der Waals surface area contributed by atoms with Gasteiger partial charge < -0.3 is 19.7 Å². The van der Waals surface area contributed by atoms with Crippen molar-refractivity contribution in [3.63, 3.8) is 0 Å². The van der Waals surface area contributed by atoms with Crippen LogP contribution in [0.25, 0.3) is 0 Å². The van der Waals surface area contributed by atoms with Gasteiger partial charge in [0.25, 0.3) is 5.88 Å². The molecule has 1 N–H and O–H groups in total. The summed E-state index contributed by atoms with van der Waals surface area (Å²) >= 11 is 0. The number of aromatic nitrogens is 3. The standard InChI is InChI=1S/C21H27N5O2/c1-14-11-20(24-16(3)23-14)22-12-17-5-4-8-26(13-17)15(2)18-6-7-19-21(25-18)28-10-9-27-19/h6-7,11,13,15H,4-5,8-10,12H2,1-3H3,(H,22,23,24). The maximum Gasteiger partial charge on any atom is 0.257 e. The minimum atomic E-state index is 0.176. The Bertz CT molecular complexity index is 863. The molecule has 0 radical (unpaired) electrons. The van der Waals surface area contributed by atoms with E-state index >= 15 is 0 Å². The number of aryl methyl sites for hydroxylation is 2. The van der Waals surface area contributed by atoms with Crippen LogP contribution in [0.1, 0.15) is 43.0 Å². The number of hydrogen-bond acceptors (Lipinski definition) is 7. The summed E-state index contributed by atoms with van der Waals surface area (Å²) in [6.07, 6.45) is 4.48. The van der Waals surface area contributed by atoms with Gasteiger partial charge in [0.05, 0.1) is 11.7 Å². The monoisotopic (exact) mass is 381 g/mol. The van der Waals surface area contributed by atoms with Crippen LogP contribution in [0.4, 0.5) is 5.82 Å². The second-order valence-electron chi connectivity index (χ2n) is 7.34. The zero-order chi connectivity index (χ0) is 19.5. The lowest BCUT2D eigenvalue weighted by Crippen LogP contribution is -2.28. The van der Waals surface area contributed by atoms with Gasteiger partial charge >= 0.3 is 0 Å². The zero-order valence-electron chi connectivity index (χ0n) is 16.7. The first-order chi connectivity index (χ1) is 13.6. The quantitative estimate of drug-likeness (QED) is 0.851. The van der Waals surface area contributed by atoms with E-state index in [2.05, 4.69) is 38.3 Å². The molecule has 0 aliphatic carbocycles. The summed E-state index contributed by atoms with van der Waals surface area (Å²) in [6.45, 7) is 9.04. The Morgan fingerprint density at radius 1 is 1.14 bits per heavy atom. The molecule has 28 heavy (non-hydrogen) atoms. The van der Waals surface area contributed by atoms with Crippen molar-refractivity contribution in [2.75, 3.05) is 31.6 Å². The fraction of sp³-hybridized carbons (Fsp3) is 0.476. The summed E-state index contributed by atoms with van der Waals surface area (Å²) in [5.41, 5.74) is 3.34. The highest BCUT2D eigenvalue weighted by Gasteiger charge is 2.21. The molecule has 2 aliphatic rings. The van der Waals surface area contributed by atoms with Crippen LogP contribution in [0.3, 0.4) is 0 Å². The van der Waals surface area contributed by atoms with Crippen LogP contribution >= 0.6 is 0 Å². The van der Waals surface area contributed by atoms with Crippen molar-refractivity contribution in [1.29, 1.82) is 0 Å². The van der Waals surface area contributed by atoms with Gasteiger partial charge in [-0.2, -0.15) is 0 Å². The molecular weight excluding hydrogens is 354 g/mol. The number of nitrogens with zero attached hydrogens (tertiary/aromatic N) is 4. The second-order valence-corrected chi connectivity index (χ2v) is 7.34. The molecule has 0 fully saturated rings. The van der Waals surface area contributed by atoms with Gasteiger partial charge in [0, 0.05) is 31.0 Å². The molecule has 1 unspecified atom stereocenters. The first-order valence-electron chi connectivity index (χ1n) is 9.86. The van der Waals surface area contributed by atoms with Gasteiger partial charge in [-0.25, -0.2) is 15.0 Å². The lowest BCUT2D eigenvalue weighted by atomic mass is 10.0. The van der Waals surface area contributed by atoms with Crippen LogP contribution in [-0.2, 0) is 0 Å². The maximum absolute atomic E-state index is 5.64. The van der Waals surface area contributed by atoms with Gasteiger partial charge in [0.1, 0.15) is 24.9 Å². The Kier molecular flexibility index (Phi) is 5.32. The SMILES string of the molecule is Cc1cc(NCC2=CN(C(C)c3ccc4c(n3)OCCO4)CCC2)nc(C)n1. The van der Waals surface area contributed by atoms with Gasteiger partial charge in [0.2, 0.25) is 0 Å². The van der Waals surface area contributed by atoms with E-state index in [-0.39, 0.29) is 6.04 Å². The fourth-order valence-corrected chi connectivity index (χ4v) is 3.65. The summed E-state index contributed by atoms with van der Waals surface area (Å²) in [4.78, 5) is 15.8. The van der Waals surface area contributed by atoms with Crippen molar-refractivity contribution in [3.05, 3.63) is 47.2 Å². The Hall–Kier alpha value is -2.83. The Labute approximate surface area is 165 Å². The number of hydrogen-bond donors (Lipinski definition) is 1. The zero-order valence-corrected chi connectivity index (χ0v) is 16.7. The van der Waals surface area contributed by atoms with Crippen LogP contribution in [0, 0.1) is 13.8 Å². The Balaban J connectivity index is 1.44. The number of ether oxygens (including phenoxy) is 2. The van der Waals surface area contributed by atoms with Crippen LogP contribution in [-0.4, -0.2) is 46.2 Å². The molecule has 4 rings (SSSR count). The third-order valence-electron chi connectivity index (χ3n) is 5.08. The largest absolute Gasteiger partial charge is 0.484 e. The molecule has 0 bridgehead atoms. The molecular formula is C21H27N5O2. The van der Waals surface area contributed by atoms with Crippen LogP contribution in [0.15, 0.2) is 30.0 Å². The summed E-state index contributed by atoms with van der Waals surface area (Å²) in [7, 11) is 0. The Morgan fingerprint density at radius 3 is 2.86 bits per heavy atom. The predicted molar refractivity (Wildman–Crippen MR) is 108 cm³/mol. The number of pyridine rings is 1. The highest BCUT2D eigenvalue weighted by molar-refractivity contribution is 5.38. The van der Waals surface area contributed by atoms with E-state index in [4.69, 9.17) is 9.47 Å². The molecule has 0 saturated heterocycles. The lowest BCUT2D eigenvalue weighted by molar-refractivity contribution is 0.162. The summed E-state index contributed by atoms with van der Waals surface area (Å²) < 4.78 is 11.2. The highest BCUT2D eigenvalue weighted by Crippen LogP contribution is 2.32. The average molecular weight is 381 g/mol. The molecule has 7 nitrogen and oxygen atoms in total. The van der Waals surface area contributed by atoms with Gasteiger partial charge in [-0.05, 0) is 51.3 Å². The summed E-state index contributed by atoms with van der Waals surface area (Å²) in [5, 5.41) is 3.44. The van der Waals surface area contributed by atoms with E-state index in [1.807, 2.05) is 32.0 Å². The smallest absolute Gasteiger partial charge is 0.257 e. The first-order valence-corrected chi connectivity index (χ1v) is 9.86. The summed E-state index contributed by atoms with van der Waals surface area (Å²) in [5.74, 6) is 3.01. The molecule has 4 heterocycles. The van der Waals surface area contributed by atoms with Crippen molar-refractivity contribution >= 4 is 5.82 Å². The van der Waals surface area contributed by atoms with Crippen molar-refractivity contribution in [1.82, 2.24) is 19.9 Å². The fourth-order valence-electron chi connectivity index (χ4n) is 3.65. The highest BCUT2D eigenvalue weighted by atomic mass is 16.6. The van der Waals surface area contributed by atoms with Gasteiger partial charge in [0.15, 0.2) is 5.75 Å². The molecule has 2 aliphatic heterocycles. The van der Waals surface area contributed by atoms with E-state index < -0.39 is 0 Å². The molecule has 1 atom stereocenters. The number of rotatable bonds is 5. The molecule has 0 amide bonds. The summed E-state index contributed by atoms with van der Waals surface area (Å²) in [6, 6.07) is 6.15. The van der Waals surface area contributed by atoms with Crippen molar-refractivity contribution in [2.45, 2.75) is 39.7 Å². The van der Waals surface area contributed by atoms with Gasteiger partial charge in [-0.15, -0.1) is 0 Å². The number of anilines is 1. The normalized spacial score (nSPS) is 17.1. The average Bonchev–Trinajstić information content (AvgIpc) is 2.71. The lowest BCUT2D eigenvalue weighted by Gasteiger charge is -2.32. The third kappa shape index (κ3) is 4.18.